The zero-order valence-electron chi connectivity index (χ0n) is 11.3. The Balaban J connectivity index is 1.81. The molecule has 0 spiro atoms. The number of likely N-dealkylation sites (N-methyl/N-ethyl adjacent to an activating group) is 1. The summed E-state index contributed by atoms with van der Waals surface area (Å²) in [6.07, 6.45) is 1.18. The van der Waals surface area contributed by atoms with Crippen molar-refractivity contribution in [1.29, 1.82) is 0 Å². The molecule has 2 atom stereocenters. The minimum atomic E-state index is -2.77. The first kappa shape index (κ1) is 13.9. The van der Waals surface area contributed by atoms with Crippen molar-refractivity contribution in [2.75, 3.05) is 18.6 Å². The van der Waals surface area contributed by atoms with E-state index in [1.54, 1.807) is 24.3 Å². The highest BCUT2D eigenvalue weighted by atomic mass is 19.3. The average molecular weight is 296 g/mol. The van der Waals surface area contributed by atoms with Gasteiger partial charge in [-0.2, -0.15) is 8.78 Å². The van der Waals surface area contributed by atoms with Crippen LogP contribution in [0.2, 0.25) is 0 Å². The largest absolute Gasteiger partial charge is 0.402 e. The van der Waals surface area contributed by atoms with E-state index in [1.807, 2.05) is 12.1 Å². The molecule has 1 aliphatic rings. The molecule has 0 N–H and O–H groups in total. The Morgan fingerprint density at radius 2 is 2.24 bits per heavy atom. The van der Waals surface area contributed by atoms with Crippen LogP contribution in [0.1, 0.15) is 30.4 Å². The number of nitrogens with zero attached hydrogens (tertiary/aromatic N) is 4. The Kier molecular flexibility index (Phi) is 3.78. The van der Waals surface area contributed by atoms with Crippen molar-refractivity contribution in [1.82, 2.24) is 15.2 Å². The predicted molar refractivity (Wildman–Crippen MR) is 69.0 cm³/mol. The molecule has 21 heavy (non-hydrogen) atoms. The molecular formula is C13H14F2N4O2. The summed E-state index contributed by atoms with van der Waals surface area (Å²) in [5, 5.41) is 7.01. The van der Waals surface area contributed by atoms with Crippen LogP contribution < -0.4 is 4.90 Å². The fraction of sp³-hybridized carbons (Fsp3) is 0.462. The summed E-state index contributed by atoms with van der Waals surface area (Å²) in [7, 11) is 1.73. The number of aromatic nitrogens is 3. The molecule has 1 saturated heterocycles. The Labute approximate surface area is 119 Å². The molecule has 2 aromatic rings. The monoisotopic (exact) mass is 296 g/mol. The molecule has 0 unspecified atom stereocenters. The molecule has 6 nitrogen and oxygen atoms in total. The third-order valence-electron chi connectivity index (χ3n) is 3.49. The van der Waals surface area contributed by atoms with Gasteiger partial charge in [0.25, 0.3) is 5.89 Å². The van der Waals surface area contributed by atoms with Crippen LogP contribution in [-0.2, 0) is 4.74 Å². The van der Waals surface area contributed by atoms with Crippen LogP contribution in [-0.4, -0.2) is 34.9 Å². The van der Waals surface area contributed by atoms with Crippen LogP contribution in [0.4, 0.5) is 14.8 Å². The molecule has 0 saturated carbocycles. The van der Waals surface area contributed by atoms with E-state index in [2.05, 4.69) is 15.2 Å². The van der Waals surface area contributed by atoms with Crippen molar-refractivity contribution >= 4 is 6.01 Å². The Morgan fingerprint density at radius 3 is 2.90 bits per heavy atom. The van der Waals surface area contributed by atoms with E-state index >= 15 is 0 Å². The quantitative estimate of drug-likeness (QED) is 0.863. The lowest BCUT2D eigenvalue weighted by atomic mass is 10.0. The minimum Gasteiger partial charge on any atom is -0.402 e. The van der Waals surface area contributed by atoms with Gasteiger partial charge in [-0.25, -0.2) is 0 Å². The molecular weight excluding hydrogens is 282 g/mol. The van der Waals surface area contributed by atoms with Gasteiger partial charge in [0.05, 0.1) is 6.04 Å². The summed E-state index contributed by atoms with van der Waals surface area (Å²) in [5.41, 5.74) is 0.931. The van der Waals surface area contributed by atoms with Gasteiger partial charge in [0, 0.05) is 31.6 Å². The summed E-state index contributed by atoms with van der Waals surface area (Å²) < 4.78 is 35.7. The lowest BCUT2D eigenvalue weighted by Gasteiger charge is -2.26. The maximum absolute atomic E-state index is 12.5. The van der Waals surface area contributed by atoms with Gasteiger partial charge < -0.3 is 14.1 Å². The number of halogens is 2. The fourth-order valence-corrected chi connectivity index (χ4v) is 2.44. The normalized spacial score (nSPS) is 21.9. The van der Waals surface area contributed by atoms with Crippen molar-refractivity contribution in [2.45, 2.75) is 25.0 Å². The number of hydrogen-bond donors (Lipinski definition) is 0. The first-order valence-corrected chi connectivity index (χ1v) is 6.52. The maximum Gasteiger partial charge on any atom is 0.318 e. The first-order valence-electron chi connectivity index (χ1n) is 6.52. The van der Waals surface area contributed by atoms with Gasteiger partial charge in [-0.3, -0.25) is 4.98 Å². The summed E-state index contributed by atoms with van der Waals surface area (Å²) in [6.45, 7) is 0.574. The van der Waals surface area contributed by atoms with Crippen LogP contribution in [0.3, 0.4) is 0 Å². The van der Waals surface area contributed by atoms with Crippen LogP contribution in [0.15, 0.2) is 28.9 Å². The van der Waals surface area contributed by atoms with E-state index in [9.17, 15) is 8.78 Å². The van der Waals surface area contributed by atoms with Crippen molar-refractivity contribution < 1.29 is 17.9 Å². The second-order valence-electron chi connectivity index (χ2n) is 4.77. The number of pyridine rings is 1. The fourth-order valence-electron chi connectivity index (χ4n) is 2.44. The number of alkyl halides is 2. The number of anilines is 1. The van der Waals surface area contributed by atoms with Gasteiger partial charge in [-0.1, -0.05) is 11.2 Å². The first-order chi connectivity index (χ1) is 10.2. The van der Waals surface area contributed by atoms with Crippen LogP contribution in [0.5, 0.6) is 0 Å². The lowest BCUT2D eigenvalue weighted by molar-refractivity contribution is 0.102. The Hall–Kier alpha value is -2.09. The van der Waals surface area contributed by atoms with Crippen molar-refractivity contribution in [3.8, 4) is 0 Å². The molecule has 0 radical (unpaired) electrons. The average Bonchev–Trinajstić information content (AvgIpc) is 3.17. The zero-order chi connectivity index (χ0) is 14.8. The second-order valence-corrected chi connectivity index (χ2v) is 4.77. The summed E-state index contributed by atoms with van der Waals surface area (Å²) in [5.74, 6) is -0.673. The third kappa shape index (κ3) is 2.71. The van der Waals surface area contributed by atoms with E-state index < -0.39 is 12.3 Å². The zero-order valence-corrected chi connectivity index (χ0v) is 11.3. The van der Waals surface area contributed by atoms with Gasteiger partial charge >= 0.3 is 12.4 Å². The molecule has 112 valence electrons. The van der Waals surface area contributed by atoms with E-state index in [0.29, 0.717) is 6.61 Å². The summed E-state index contributed by atoms with van der Waals surface area (Å²) in [4.78, 5) is 5.76. The maximum atomic E-state index is 12.5. The molecule has 0 aromatic carbocycles. The molecule has 1 aliphatic heterocycles. The highest BCUT2D eigenvalue weighted by Gasteiger charge is 2.35. The molecule has 0 aliphatic carbocycles. The molecule has 2 aromatic heterocycles. The minimum absolute atomic E-state index is 0.0645. The van der Waals surface area contributed by atoms with Gasteiger partial charge in [0.1, 0.15) is 6.10 Å². The highest BCUT2D eigenvalue weighted by Crippen LogP contribution is 2.34. The molecule has 8 heteroatoms. The second kappa shape index (κ2) is 5.72. The molecule has 0 amide bonds. The van der Waals surface area contributed by atoms with Gasteiger partial charge in [0.15, 0.2) is 0 Å². The number of hydrogen-bond acceptors (Lipinski definition) is 6. The molecule has 3 rings (SSSR count). The van der Waals surface area contributed by atoms with Gasteiger partial charge in [-0.15, -0.1) is 5.10 Å². The van der Waals surface area contributed by atoms with Gasteiger partial charge in [-0.05, 0) is 12.5 Å². The summed E-state index contributed by atoms with van der Waals surface area (Å²) in [6, 6.07) is 3.74. The van der Waals surface area contributed by atoms with E-state index in [4.69, 9.17) is 9.15 Å². The SMILES string of the molecule is CN(c1nnc(C(F)F)o1)[C@H]1CCO[C@@H]1c1cccnc1. The van der Waals surface area contributed by atoms with Crippen molar-refractivity contribution in [2.24, 2.45) is 0 Å². The topological polar surface area (TPSA) is 64.3 Å². The smallest absolute Gasteiger partial charge is 0.318 e. The molecule has 0 bridgehead atoms. The lowest BCUT2D eigenvalue weighted by Crippen LogP contribution is -2.34. The number of ether oxygens (including phenoxy) is 1. The predicted octanol–water partition coefficient (Wildman–Crippen LogP) is 2.37. The Morgan fingerprint density at radius 1 is 1.38 bits per heavy atom. The van der Waals surface area contributed by atoms with E-state index in [1.165, 1.54) is 0 Å². The van der Waals surface area contributed by atoms with Crippen LogP contribution >= 0.6 is 0 Å². The highest BCUT2D eigenvalue weighted by molar-refractivity contribution is 5.29. The van der Waals surface area contributed by atoms with Crippen molar-refractivity contribution in [3.05, 3.63) is 36.0 Å². The van der Waals surface area contributed by atoms with Crippen LogP contribution in [0.25, 0.3) is 0 Å². The molecule has 3 heterocycles. The Bertz CT molecular complexity index is 593. The summed E-state index contributed by atoms with van der Waals surface area (Å²) >= 11 is 0. The van der Waals surface area contributed by atoms with Crippen LogP contribution in [0, 0.1) is 0 Å². The van der Waals surface area contributed by atoms with Crippen molar-refractivity contribution in [3.63, 3.8) is 0 Å². The standard InChI is InChI=1S/C13H14F2N4O2/c1-19(13-18-17-12(21-13)11(14)15)9-4-6-20-10(9)8-3-2-5-16-7-8/h2-3,5,7,9-11H,4,6H2,1H3/t9-,10+/m0/s1. The number of rotatable bonds is 4. The van der Waals surface area contributed by atoms with E-state index in [0.717, 1.165) is 12.0 Å². The van der Waals surface area contributed by atoms with Gasteiger partial charge in [0.2, 0.25) is 0 Å². The third-order valence-corrected chi connectivity index (χ3v) is 3.49. The molecule has 1 fully saturated rings. The van der Waals surface area contributed by atoms with E-state index in [-0.39, 0.29) is 18.2 Å².